The molecule has 2 bridgehead atoms. The van der Waals surface area contributed by atoms with E-state index in [4.69, 9.17) is 9.47 Å². The molecule has 53 heavy (non-hydrogen) atoms. The summed E-state index contributed by atoms with van der Waals surface area (Å²) in [6, 6.07) is 10.6. The summed E-state index contributed by atoms with van der Waals surface area (Å²) in [6.07, 6.45) is 19.8. The summed E-state index contributed by atoms with van der Waals surface area (Å²) < 4.78 is 12.1. The van der Waals surface area contributed by atoms with Gasteiger partial charge in [0.1, 0.15) is 12.7 Å². The first-order valence-corrected chi connectivity index (χ1v) is 21.3. The largest absolute Gasteiger partial charge is 0.462 e. The molecule has 0 radical (unpaired) electrons. The van der Waals surface area contributed by atoms with Crippen molar-refractivity contribution in [3.63, 3.8) is 0 Å². The Kier molecular flexibility index (Phi) is 11.1. The van der Waals surface area contributed by atoms with Gasteiger partial charge in [0.2, 0.25) is 0 Å². The first kappa shape index (κ1) is 38.8. The fourth-order valence-corrected chi connectivity index (χ4v) is 12.9. The van der Waals surface area contributed by atoms with Crippen LogP contribution in [0.15, 0.2) is 54.1 Å². The Morgan fingerprint density at radius 1 is 0.925 bits per heavy atom. The van der Waals surface area contributed by atoms with Gasteiger partial charge in [0.05, 0.1) is 28.6 Å². The van der Waals surface area contributed by atoms with Gasteiger partial charge in [-0.1, -0.05) is 102 Å². The van der Waals surface area contributed by atoms with E-state index in [2.05, 4.69) is 38.1 Å². The van der Waals surface area contributed by atoms with Crippen LogP contribution in [0.1, 0.15) is 142 Å². The van der Waals surface area contributed by atoms with Crippen molar-refractivity contribution in [2.45, 2.75) is 166 Å². The molecular formula is C46H66O7. The fraction of sp³-hybridized carbons (Fsp3) is 0.739. The van der Waals surface area contributed by atoms with E-state index in [0.29, 0.717) is 37.5 Å². The summed E-state index contributed by atoms with van der Waals surface area (Å²) in [6.45, 7) is 6.84. The molecule has 7 nitrogen and oxygen atoms in total. The van der Waals surface area contributed by atoms with Gasteiger partial charge in [-0.3, -0.25) is 4.79 Å². The van der Waals surface area contributed by atoms with Crippen molar-refractivity contribution in [2.75, 3.05) is 6.61 Å². The van der Waals surface area contributed by atoms with Crippen LogP contribution in [0.5, 0.6) is 0 Å². The van der Waals surface area contributed by atoms with Crippen molar-refractivity contribution in [3.05, 3.63) is 59.7 Å². The number of benzene rings is 1. The van der Waals surface area contributed by atoms with Crippen LogP contribution in [0.25, 0.3) is 0 Å². The highest BCUT2D eigenvalue weighted by atomic mass is 16.5. The standard InChI is InChI=1S/C46H66O7/c1-32(13-12-16-33-14-6-4-7-15-33)21-25-44(50)28-27-42(2)30-37(53-41(49)35-17-8-5-9-18-35)40-43(3,36-19-10-11-20-36)24-23-38(47)46(40,44)45(42,51)26-22-34-29-39(48)52-31-34/h4,6-7,14-15,27-29,32,35-38,40,47,50-51H,5,8-13,16-26,30-31H2,1-3H3/t32-,37-,38-,40+,42+,43+,44+,45-,46+/m1/s1. The molecule has 1 spiro atoms. The van der Waals surface area contributed by atoms with E-state index < -0.39 is 40.2 Å². The highest BCUT2D eigenvalue weighted by Gasteiger charge is 2.81. The minimum atomic E-state index is -1.55. The van der Waals surface area contributed by atoms with Crippen molar-refractivity contribution in [3.8, 4) is 0 Å². The van der Waals surface area contributed by atoms with E-state index in [-0.39, 0.29) is 36.3 Å². The third-order valence-electron chi connectivity index (χ3n) is 15.8. The molecule has 1 aliphatic heterocycles. The molecule has 4 fully saturated rings. The molecule has 0 aromatic heterocycles. The Labute approximate surface area is 318 Å². The quantitative estimate of drug-likeness (QED) is 0.138. The zero-order valence-electron chi connectivity index (χ0n) is 32.7. The van der Waals surface area contributed by atoms with Gasteiger partial charge in [0.25, 0.3) is 0 Å². The van der Waals surface area contributed by atoms with Crippen LogP contribution >= 0.6 is 0 Å². The van der Waals surface area contributed by atoms with E-state index in [9.17, 15) is 24.9 Å². The van der Waals surface area contributed by atoms with Crippen molar-refractivity contribution in [2.24, 2.45) is 39.9 Å². The van der Waals surface area contributed by atoms with Gasteiger partial charge in [-0.2, -0.15) is 0 Å². The average Bonchev–Trinajstić information content (AvgIpc) is 3.85. The molecule has 1 aromatic carbocycles. The number of carbonyl (C=O) groups is 2. The number of rotatable bonds is 13. The maximum atomic E-state index is 14.2. The Morgan fingerprint density at radius 3 is 2.34 bits per heavy atom. The molecule has 6 aliphatic rings. The van der Waals surface area contributed by atoms with Crippen molar-refractivity contribution in [1.82, 2.24) is 0 Å². The number of aryl methyl sites for hydroxylation is 1. The highest BCUT2D eigenvalue weighted by Crippen LogP contribution is 2.75. The predicted molar refractivity (Wildman–Crippen MR) is 206 cm³/mol. The summed E-state index contributed by atoms with van der Waals surface area (Å²) in [5.74, 6) is -0.417. The summed E-state index contributed by atoms with van der Waals surface area (Å²) in [4.78, 5) is 26.3. The smallest absolute Gasteiger partial charge is 0.331 e. The molecule has 0 saturated heterocycles. The Balaban J connectivity index is 1.29. The zero-order valence-corrected chi connectivity index (χ0v) is 32.7. The van der Waals surface area contributed by atoms with Crippen molar-refractivity contribution in [1.29, 1.82) is 0 Å². The summed E-state index contributed by atoms with van der Waals surface area (Å²) in [5, 5.41) is 40.3. The summed E-state index contributed by atoms with van der Waals surface area (Å²) >= 11 is 0. The van der Waals surface area contributed by atoms with E-state index in [1.54, 1.807) is 0 Å². The van der Waals surface area contributed by atoms with E-state index in [1.807, 2.05) is 25.1 Å². The molecule has 5 aliphatic carbocycles. The average molecular weight is 731 g/mol. The molecular weight excluding hydrogens is 664 g/mol. The van der Waals surface area contributed by atoms with Gasteiger partial charge in [0, 0.05) is 17.4 Å². The second-order valence-corrected chi connectivity index (χ2v) is 18.9. The zero-order chi connectivity index (χ0) is 37.5. The maximum absolute atomic E-state index is 14.2. The van der Waals surface area contributed by atoms with Gasteiger partial charge >= 0.3 is 11.9 Å². The second kappa shape index (κ2) is 15.2. The number of aliphatic hydroxyl groups is 3. The molecule has 4 saturated carbocycles. The Bertz CT molecular complexity index is 1520. The van der Waals surface area contributed by atoms with Crippen molar-refractivity contribution < 1.29 is 34.4 Å². The lowest BCUT2D eigenvalue weighted by Gasteiger charge is -2.76. The molecule has 3 N–H and O–H groups in total. The van der Waals surface area contributed by atoms with Gasteiger partial charge in [-0.25, -0.2) is 4.79 Å². The van der Waals surface area contributed by atoms with Gasteiger partial charge in [-0.05, 0) is 112 Å². The van der Waals surface area contributed by atoms with E-state index in [1.165, 1.54) is 11.6 Å². The number of fused-ring (bicyclic) bond motifs is 1. The normalized spacial score (nSPS) is 39.3. The molecule has 1 heterocycles. The SMILES string of the molecule is C[C@H](CCCc1ccccc1)CC[C@]1(O)C=C[C@@]2(C)C[C@@H](OC(=O)C3CCCCC3)[C@@H]3[C@]1([C@H](O)CC[C@@]3(C)C1CCCC1)[C@@]2(O)CCC1=CC(=O)OC1. The number of carbonyl (C=O) groups excluding carboxylic acids is 2. The maximum Gasteiger partial charge on any atom is 0.331 e. The lowest BCUT2D eigenvalue weighted by atomic mass is 9.31. The van der Waals surface area contributed by atoms with Crippen LogP contribution in [-0.4, -0.2) is 57.3 Å². The number of esters is 2. The van der Waals surface area contributed by atoms with E-state index >= 15 is 0 Å². The summed E-state index contributed by atoms with van der Waals surface area (Å²) in [7, 11) is 0. The van der Waals surface area contributed by atoms with Crippen LogP contribution in [0.4, 0.5) is 0 Å². The number of ether oxygens (including phenoxy) is 2. The number of hydrogen-bond donors (Lipinski definition) is 3. The lowest BCUT2D eigenvalue weighted by Crippen LogP contribution is -2.83. The third-order valence-corrected chi connectivity index (χ3v) is 15.8. The van der Waals surface area contributed by atoms with Crippen LogP contribution in [-0.2, 0) is 25.5 Å². The molecule has 7 rings (SSSR count). The second-order valence-electron chi connectivity index (χ2n) is 18.9. The molecule has 1 aromatic rings. The fourth-order valence-electron chi connectivity index (χ4n) is 12.9. The molecule has 0 unspecified atom stereocenters. The highest BCUT2D eigenvalue weighted by molar-refractivity contribution is 5.85. The monoisotopic (exact) mass is 730 g/mol. The lowest BCUT2D eigenvalue weighted by molar-refractivity contribution is -0.361. The van der Waals surface area contributed by atoms with Crippen LogP contribution in [0.3, 0.4) is 0 Å². The topological polar surface area (TPSA) is 113 Å². The number of aliphatic hydroxyl groups excluding tert-OH is 1. The van der Waals surface area contributed by atoms with Gasteiger partial charge in [-0.15, -0.1) is 0 Å². The minimum absolute atomic E-state index is 0.127. The van der Waals surface area contributed by atoms with Crippen LogP contribution in [0.2, 0.25) is 0 Å². The summed E-state index contributed by atoms with van der Waals surface area (Å²) in [5.41, 5.74) is -3.61. The molecule has 0 amide bonds. The van der Waals surface area contributed by atoms with Crippen molar-refractivity contribution >= 4 is 11.9 Å². The Morgan fingerprint density at radius 2 is 1.64 bits per heavy atom. The molecule has 7 heteroatoms. The van der Waals surface area contributed by atoms with Gasteiger partial charge in [0.15, 0.2) is 0 Å². The Hall–Kier alpha value is -2.48. The first-order chi connectivity index (χ1) is 25.4. The van der Waals surface area contributed by atoms with Crippen LogP contribution in [0, 0.1) is 39.9 Å². The minimum Gasteiger partial charge on any atom is -0.462 e. The van der Waals surface area contributed by atoms with E-state index in [0.717, 1.165) is 95.5 Å². The number of hydrogen-bond acceptors (Lipinski definition) is 7. The third kappa shape index (κ3) is 6.77. The van der Waals surface area contributed by atoms with Crippen LogP contribution < -0.4 is 0 Å². The molecule has 292 valence electrons. The first-order valence-electron chi connectivity index (χ1n) is 21.3. The van der Waals surface area contributed by atoms with Gasteiger partial charge < -0.3 is 24.8 Å². The molecule has 9 atom stereocenters. The predicted octanol–water partition coefficient (Wildman–Crippen LogP) is 8.58. The number of cyclic esters (lactones) is 1.